The summed E-state index contributed by atoms with van der Waals surface area (Å²) in [6, 6.07) is 0. The van der Waals surface area contributed by atoms with Crippen LogP contribution >= 0.6 is 0 Å². The highest BCUT2D eigenvalue weighted by atomic mass is 16.6. The number of unbranched alkanes of at least 4 members (excludes halogenated alkanes) is 12. The van der Waals surface area contributed by atoms with E-state index in [1.54, 1.807) is 0 Å². The molecule has 0 radical (unpaired) electrons. The van der Waals surface area contributed by atoms with Crippen LogP contribution in [0.15, 0.2) is 0 Å². The predicted octanol–water partition coefficient (Wildman–Crippen LogP) is 8.24. The molecular weight excluding hydrogens is 544 g/mol. The van der Waals surface area contributed by atoms with Crippen molar-refractivity contribution < 1.29 is 33.3 Å². The lowest BCUT2D eigenvalue weighted by Gasteiger charge is -2.26. The number of epoxide rings is 3. The molecule has 248 valence electrons. The fourth-order valence-electron chi connectivity index (χ4n) is 7.02. The van der Waals surface area contributed by atoms with Gasteiger partial charge in [-0.15, -0.1) is 0 Å². The molecule has 0 amide bonds. The molecular formula is C36H62O7. The van der Waals surface area contributed by atoms with Gasteiger partial charge in [-0.1, -0.05) is 90.9 Å². The summed E-state index contributed by atoms with van der Waals surface area (Å²) in [4.78, 5) is 25.9. The molecule has 0 spiro atoms. The minimum Gasteiger partial charge on any atom is -0.465 e. The number of carbonyl (C=O) groups is 2. The second kappa shape index (κ2) is 19.4. The van der Waals surface area contributed by atoms with Crippen molar-refractivity contribution in [2.45, 2.75) is 192 Å². The van der Waals surface area contributed by atoms with Gasteiger partial charge >= 0.3 is 11.9 Å². The number of rotatable bonds is 26. The van der Waals surface area contributed by atoms with Gasteiger partial charge in [0.05, 0.1) is 61.7 Å². The van der Waals surface area contributed by atoms with E-state index in [4.69, 9.17) is 23.7 Å². The largest absolute Gasteiger partial charge is 0.465 e. The Morgan fingerprint density at radius 1 is 0.488 bits per heavy atom. The van der Waals surface area contributed by atoms with Gasteiger partial charge in [-0.25, -0.2) is 0 Å². The number of ether oxygens (including phenoxy) is 5. The standard InChI is InChI=1S/C36H62O7/c1-3-5-7-9-11-13-19-29-31(41-29)21-15-17-23-39-35(37)27-25-33-34(43-33)26-28(27)36(38)40-24-18-16-22-32-30(42-32)20-14-12-10-8-6-4-2/h27-34H,3-26H2,1-2H3. The average molecular weight is 607 g/mol. The fourth-order valence-corrected chi connectivity index (χ4v) is 7.02. The molecule has 0 aromatic heterocycles. The first kappa shape index (κ1) is 34.7. The molecule has 0 N–H and O–H groups in total. The quantitative estimate of drug-likeness (QED) is 0.0556. The lowest BCUT2D eigenvalue weighted by molar-refractivity contribution is -0.162. The maximum Gasteiger partial charge on any atom is 0.309 e. The van der Waals surface area contributed by atoms with Crippen LogP contribution in [0.5, 0.6) is 0 Å². The SMILES string of the molecule is CCCCCCCCC1OC1CCCCOC(=O)C1CC2OC2CC1C(=O)OCCCCC1OC1CCCCCCCC. The van der Waals surface area contributed by atoms with E-state index in [0.29, 0.717) is 50.5 Å². The maximum absolute atomic E-state index is 13.0. The number of esters is 2. The normalized spacial score (nSPS) is 30.5. The van der Waals surface area contributed by atoms with Crippen LogP contribution in [0, 0.1) is 11.8 Å². The van der Waals surface area contributed by atoms with Gasteiger partial charge in [0, 0.05) is 0 Å². The van der Waals surface area contributed by atoms with Gasteiger partial charge in [0.15, 0.2) is 0 Å². The number of hydrogen-bond acceptors (Lipinski definition) is 7. The van der Waals surface area contributed by atoms with Crippen molar-refractivity contribution in [1.82, 2.24) is 0 Å². The highest BCUT2D eigenvalue weighted by Crippen LogP contribution is 2.44. The number of carbonyl (C=O) groups excluding carboxylic acids is 2. The third-order valence-corrected chi connectivity index (χ3v) is 10.1. The molecule has 8 atom stereocenters. The van der Waals surface area contributed by atoms with Gasteiger partial charge in [-0.3, -0.25) is 9.59 Å². The molecule has 4 aliphatic rings. The van der Waals surface area contributed by atoms with Crippen LogP contribution in [0.1, 0.15) is 155 Å². The lowest BCUT2D eigenvalue weighted by Crippen LogP contribution is -2.37. The Morgan fingerprint density at radius 3 is 1.23 bits per heavy atom. The molecule has 43 heavy (non-hydrogen) atoms. The Kier molecular flexibility index (Phi) is 15.6. The second-order valence-corrected chi connectivity index (χ2v) is 13.8. The zero-order chi connectivity index (χ0) is 30.3. The summed E-state index contributed by atoms with van der Waals surface area (Å²) in [5, 5.41) is 0. The van der Waals surface area contributed by atoms with Crippen LogP contribution in [0.25, 0.3) is 0 Å². The van der Waals surface area contributed by atoms with E-state index in [-0.39, 0.29) is 24.1 Å². The van der Waals surface area contributed by atoms with E-state index in [1.807, 2.05) is 0 Å². The third kappa shape index (κ3) is 13.0. The molecule has 7 nitrogen and oxygen atoms in total. The Balaban J connectivity index is 0.999. The summed E-state index contributed by atoms with van der Waals surface area (Å²) in [5.41, 5.74) is 0. The van der Waals surface area contributed by atoms with Gasteiger partial charge in [0.1, 0.15) is 0 Å². The highest BCUT2D eigenvalue weighted by Gasteiger charge is 2.53. The van der Waals surface area contributed by atoms with Gasteiger partial charge in [-0.2, -0.15) is 0 Å². The number of hydrogen-bond donors (Lipinski definition) is 0. The van der Waals surface area contributed by atoms with Gasteiger partial charge in [-0.05, 0) is 64.2 Å². The molecule has 0 aromatic rings. The zero-order valence-electron chi connectivity index (χ0n) is 27.4. The second-order valence-electron chi connectivity index (χ2n) is 13.8. The Morgan fingerprint density at radius 2 is 0.837 bits per heavy atom. The van der Waals surface area contributed by atoms with Gasteiger partial charge in [0.2, 0.25) is 0 Å². The molecule has 4 rings (SSSR count). The van der Waals surface area contributed by atoms with Crippen LogP contribution in [-0.4, -0.2) is 61.8 Å². The molecule has 0 aromatic carbocycles. The van der Waals surface area contributed by atoms with Crippen molar-refractivity contribution in [3.8, 4) is 0 Å². The summed E-state index contributed by atoms with van der Waals surface area (Å²) in [5.74, 6) is -1.43. The molecule has 0 bridgehead atoms. The smallest absolute Gasteiger partial charge is 0.309 e. The van der Waals surface area contributed by atoms with E-state index in [0.717, 1.165) is 38.5 Å². The third-order valence-electron chi connectivity index (χ3n) is 10.1. The summed E-state index contributed by atoms with van der Waals surface area (Å²) in [7, 11) is 0. The van der Waals surface area contributed by atoms with Crippen molar-refractivity contribution >= 4 is 11.9 Å². The molecule has 1 aliphatic carbocycles. The Bertz CT molecular complexity index is 738. The Hall–Kier alpha value is -1.18. The Labute approximate surface area is 261 Å². The molecule has 3 saturated heterocycles. The van der Waals surface area contributed by atoms with Crippen molar-refractivity contribution in [3.63, 3.8) is 0 Å². The molecule has 7 heteroatoms. The molecule has 1 saturated carbocycles. The monoisotopic (exact) mass is 606 g/mol. The van der Waals surface area contributed by atoms with Crippen molar-refractivity contribution in [1.29, 1.82) is 0 Å². The summed E-state index contributed by atoms with van der Waals surface area (Å²) in [6.45, 7) is 5.32. The minimum atomic E-state index is -0.452. The topological polar surface area (TPSA) is 90.2 Å². The van der Waals surface area contributed by atoms with Crippen LogP contribution in [0.3, 0.4) is 0 Å². The summed E-state index contributed by atoms with van der Waals surface area (Å²) in [6.07, 6.45) is 27.0. The lowest BCUT2D eigenvalue weighted by atomic mass is 9.79. The van der Waals surface area contributed by atoms with Crippen molar-refractivity contribution in [2.75, 3.05) is 13.2 Å². The molecule has 4 fully saturated rings. The van der Waals surface area contributed by atoms with Gasteiger partial charge in [0.25, 0.3) is 0 Å². The molecule has 3 heterocycles. The van der Waals surface area contributed by atoms with Crippen molar-refractivity contribution in [2.24, 2.45) is 11.8 Å². The maximum atomic E-state index is 13.0. The van der Waals surface area contributed by atoms with Crippen molar-refractivity contribution in [3.05, 3.63) is 0 Å². The van der Waals surface area contributed by atoms with E-state index < -0.39 is 11.8 Å². The van der Waals surface area contributed by atoms with Crippen LogP contribution in [-0.2, 0) is 33.3 Å². The van der Waals surface area contributed by atoms with E-state index >= 15 is 0 Å². The molecule has 8 unspecified atom stereocenters. The first-order valence-corrected chi connectivity index (χ1v) is 18.4. The average Bonchev–Trinajstić information content (AvgIpc) is 3.92. The summed E-state index contributed by atoms with van der Waals surface area (Å²) < 4.78 is 28.7. The fraction of sp³-hybridized carbons (Fsp3) is 0.944. The number of fused-ring (bicyclic) bond motifs is 1. The first-order valence-electron chi connectivity index (χ1n) is 18.4. The first-order chi connectivity index (χ1) is 21.1. The van der Waals surface area contributed by atoms with Crippen LogP contribution in [0.4, 0.5) is 0 Å². The predicted molar refractivity (Wildman–Crippen MR) is 168 cm³/mol. The zero-order valence-corrected chi connectivity index (χ0v) is 27.4. The van der Waals surface area contributed by atoms with E-state index in [1.165, 1.54) is 89.9 Å². The van der Waals surface area contributed by atoms with Crippen LogP contribution in [0.2, 0.25) is 0 Å². The van der Waals surface area contributed by atoms with Gasteiger partial charge < -0.3 is 23.7 Å². The van der Waals surface area contributed by atoms with E-state index in [9.17, 15) is 9.59 Å². The van der Waals surface area contributed by atoms with E-state index in [2.05, 4.69) is 13.8 Å². The minimum absolute atomic E-state index is 0.0972. The summed E-state index contributed by atoms with van der Waals surface area (Å²) >= 11 is 0. The highest BCUT2D eigenvalue weighted by molar-refractivity contribution is 5.82. The van der Waals surface area contributed by atoms with Crippen LogP contribution < -0.4 is 0 Å². The molecule has 3 aliphatic heterocycles.